The molecule has 5 rings (SSSR count). The Morgan fingerprint density at radius 2 is 1.96 bits per heavy atom. The standard InChI is InChI=1S/C23H28N2O2/c1-3-26-22-14-17-10-11-23(22,15-17)27-19-6-4-18(5-7-19)21-9-8-20-16(2)24-12-13-25(20)21/h4-9,17,22H,3,10-15H2,1-2H3. The van der Waals surface area contributed by atoms with Crippen molar-refractivity contribution in [1.29, 1.82) is 0 Å². The zero-order valence-electron chi connectivity index (χ0n) is 16.3. The van der Waals surface area contributed by atoms with Crippen LogP contribution < -0.4 is 4.74 Å². The van der Waals surface area contributed by atoms with Gasteiger partial charge in [0, 0.05) is 18.8 Å². The van der Waals surface area contributed by atoms with Gasteiger partial charge < -0.3 is 14.0 Å². The summed E-state index contributed by atoms with van der Waals surface area (Å²) in [6.07, 6.45) is 4.95. The maximum absolute atomic E-state index is 6.57. The fraction of sp³-hybridized carbons (Fsp3) is 0.522. The van der Waals surface area contributed by atoms with E-state index in [0.29, 0.717) is 0 Å². The van der Waals surface area contributed by atoms with E-state index in [0.717, 1.165) is 56.3 Å². The minimum Gasteiger partial charge on any atom is -0.485 e. The van der Waals surface area contributed by atoms with Crippen molar-refractivity contribution in [1.82, 2.24) is 4.57 Å². The molecule has 3 unspecified atom stereocenters. The van der Waals surface area contributed by atoms with Crippen LogP contribution in [0.2, 0.25) is 0 Å². The van der Waals surface area contributed by atoms with Gasteiger partial charge >= 0.3 is 0 Å². The first-order valence-electron chi connectivity index (χ1n) is 10.3. The van der Waals surface area contributed by atoms with Crippen LogP contribution in [0.1, 0.15) is 45.2 Å². The highest BCUT2D eigenvalue weighted by Gasteiger charge is 2.54. The van der Waals surface area contributed by atoms with Crippen molar-refractivity contribution in [2.24, 2.45) is 10.9 Å². The predicted octanol–water partition coefficient (Wildman–Crippen LogP) is 4.70. The fourth-order valence-electron chi connectivity index (χ4n) is 5.34. The molecule has 0 radical (unpaired) electrons. The molecule has 4 nitrogen and oxygen atoms in total. The lowest BCUT2D eigenvalue weighted by atomic mass is 9.93. The normalized spacial score (nSPS) is 28.9. The summed E-state index contributed by atoms with van der Waals surface area (Å²) in [6.45, 7) is 6.76. The van der Waals surface area contributed by atoms with E-state index in [1.807, 2.05) is 0 Å². The van der Waals surface area contributed by atoms with Gasteiger partial charge in [0.05, 0.1) is 24.1 Å². The number of benzene rings is 1. The van der Waals surface area contributed by atoms with Gasteiger partial charge in [-0.25, -0.2) is 0 Å². The Morgan fingerprint density at radius 1 is 1.15 bits per heavy atom. The van der Waals surface area contributed by atoms with Crippen LogP contribution >= 0.6 is 0 Å². The SMILES string of the molecule is CCOC1CC2CCC1(Oc1ccc(-c3ccc4n3CCN=C4C)cc1)C2. The van der Waals surface area contributed by atoms with Crippen molar-refractivity contribution < 1.29 is 9.47 Å². The molecular weight excluding hydrogens is 336 g/mol. The monoisotopic (exact) mass is 364 g/mol. The Balaban J connectivity index is 1.38. The van der Waals surface area contributed by atoms with Gasteiger partial charge in [-0.3, -0.25) is 4.99 Å². The number of hydrogen-bond acceptors (Lipinski definition) is 3. The minimum atomic E-state index is -0.107. The van der Waals surface area contributed by atoms with Gasteiger partial charge in [0.25, 0.3) is 0 Å². The summed E-state index contributed by atoms with van der Waals surface area (Å²) in [5, 5.41) is 0. The summed E-state index contributed by atoms with van der Waals surface area (Å²) in [5.41, 5.74) is 4.75. The molecule has 2 fully saturated rings. The molecule has 0 saturated heterocycles. The van der Waals surface area contributed by atoms with Gasteiger partial charge in [0.2, 0.25) is 0 Å². The molecule has 1 aliphatic heterocycles. The van der Waals surface area contributed by atoms with E-state index in [1.54, 1.807) is 0 Å². The van der Waals surface area contributed by atoms with Gasteiger partial charge in [-0.2, -0.15) is 0 Å². The third kappa shape index (κ3) is 2.82. The molecule has 2 aromatic rings. The molecule has 0 N–H and O–H groups in total. The minimum absolute atomic E-state index is 0.107. The molecule has 3 aliphatic rings. The number of hydrogen-bond donors (Lipinski definition) is 0. The molecule has 0 amide bonds. The summed E-state index contributed by atoms with van der Waals surface area (Å²) in [6, 6.07) is 13.0. The first-order chi connectivity index (χ1) is 13.2. The molecule has 2 heterocycles. The van der Waals surface area contributed by atoms with Crippen LogP contribution in [0.25, 0.3) is 11.3 Å². The molecule has 3 atom stereocenters. The molecule has 27 heavy (non-hydrogen) atoms. The third-order valence-corrected chi connectivity index (χ3v) is 6.61. The summed E-state index contributed by atoms with van der Waals surface area (Å²) < 4.78 is 15.0. The van der Waals surface area contributed by atoms with Crippen LogP contribution in [-0.2, 0) is 11.3 Å². The summed E-state index contributed by atoms with van der Waals surface area (Å²) in [4.78, 5) is 4.56. The molecule has 2 aliphatic carbocycles. The van der Waals surface area contributed by atoms with E-state index >= 15 is 0 Å². The van der Waals surface area contributed by atoms with Gasteiger partial charge in [0.15, 0.2) is 0 Å². The van der Waals surface area contributed by atoms with E-state index in [-0.39, 0.29) is 11.7 Å². The Bertz CT molecular complexity index is 867. The van der Waals surface area contributed by atoms with Crippen LogP contribution in [0.15, 0.2) is 41.4 Å². The second kappa shape index (κ2) is 6.52. The lowest BCUT2D eigenvalue weighted by Crippen LogP contribution is -2.44. The Kier molecular flexibility index (Phi) is 4.12. The third-order valence-electron chi connectivity index (χ3n) is 6.61. The number of ether oxygens (including phenoxy) is 2. The second-order valence-corrected chi connectivity index (χ2v) is 8.20. The number of nitrogens with zero attached hydrogens (tertiary/aromatic N) is 2. The van der Waals surface area contributed by atoms with Gasteiger partial charge in [-0.05, 0) is 87.4 Å². The Morgan fingerprint density at radius 3 is 2.74 bits per heavy atom. The molecule has 2 bridgehead atoms. The summed E-state index contributed by atoms with van der Waals surface area (Å²) in [7, 11) is 0. The maximum atomic E-state index is 6.57. The van der Waals surface area contributed by atoms with Crippen molar-refractivity contribution in [2.75, 3.05) is 13.2 Å². The average Bonchev–Trinajstić information content (AvgIpc) is 3.36. The molecule has 2 saturated carbocycles. The zero-order valence-corrected chi connectivity index (χ0v) is 16.3. The molecule has 0 spiro atoms. The quantitative estimate of drug-likeness (QED) is 0.771. The fourth-order valence-corrected chi connectivity index (χ4v) is 5.34. The van der Waals surface area contributed by atoms with E-state index in [1.165, 1.54) is 23.4 Å². The van der Waals surface area contributed by atoms with Crippen molar-refractivity contribution in [3.63, 3.8) is 0 Å². The highest BCUT2D eigenvalue weighted by molar-refractivity contribution is 5.98. The second-order valence-electron chi connectivity index (χ2n) is 8.20. The topological polar surface area (TPSA) is 35.8 Å². The Hall–Kier alpha value is -2.07. The van der Waals surface area contributed by atoms with Crippen molar-refractivity contribution >= 4 is 5.71 Å². The Labute approximate surface area is 161 Å². The molecule has 1 aromatic heterocycles. The first-order valence-corrected chi connectivity index (χ1v) is 10.3. The zero-order chi connectivity index (χ0) is 18.4. The number of fused-ring (bicyclic) bond motifs is 3. The van der Waals surface area contributed by atoms with Crippen LogP contribution in [-0.4, -0.2) is 35.1 Å². The van der Waals surface area contributed by atoms with Gasteiger partial charge in [-0.1, -0.05) is 0 Å². The van der Waals surface area contributed by atoms with E-state index in [2.05, 4.69) is 59.8 Å². The number of rotatable bonds is 5. The van der Waals surface area contributed by atoms with E-state index < -0.39 is 0 Å². The van der Waals surface area contributed by atoms with E-state index in [9.17, 15) is 0 Å². The molecule has 1 aromatic carbocycles. The predicted molar refractivity (Wildman–Crippen MR) is 108 cm³/mol. The molecule has 142 valence electrons. The van der Waals surface area contributed by atoms with Gasteiger partial charge in [-0.15, -0.1) is 0 Å². The van der Waals surface area contributed by atoms with Crippen LogP contribution in [0.4, 0.5) is 0 Å². The average molecular weight is 364 g/mol. The molecule has 4 heteroatoms. The smallest absolute Gasteiger partial charge is 0.135 e. The van der Waals surface area contributed by atoms with Crippen molar-refractivity contribution in [3.05, 3.63) is 42.1 Å². The lowest BCUT2D eigenvalue weighted by molar-refractivity contribution is -0.0753. The van der Waals surface area contributed by atoms with Crippen LogP contribution in [0.5, 0.6) is 5.75 Å². The number of aliphatic imine (C=N–C) groups is 1. The lowest BCUT2D eigenvalue weighted by Gasteiger charge is -2.35. The van der Waals surface area contributed by atoms with Gasteiger partial charge in [0.1, 0.15) is 11.4 Å². The van der Waals surface area contributed by atoms with Crippen molar-refractivity contribution in [3.8, 4) is 17.0 Å². The highest BCUT2D eigenvalue weighted by Crippen LogP contribution is 2.51. The number of aromatic nitrogens is 1. The van der Waals surface area contributed by atoms with Crippen molar-refractivity contribution in [2.45, 2.75) is 57.8 Å². The summed E-state index contributed by atoms with van der Waals surface area (Å²) >= 11 is 0. The van der Waals surface area contributed by atoms with Crippen LogP contribution in [0.3, 0.4) is 0 Å². The molecular formula is C23H28N2O2. The summed E-state index contributed by atoms with van der Waals surface area (Å²) in [5.74, 6) is 1.74. The maximum Gasteiger partial charge on any atom is 0.135 e. The highest BCUT2D eigenvalue weighted by atomic mass is 16.6. The first kappa shape index (κ1) is 17.1. The largest absolute Gasteiger partial charge is 0.485 e. The van der Waals surface area contributed by atoms with Crippen LogP contribution in [0, 0.1) is 5.92 Å². The van der Waals surface area contributed by atoms with E-state index in [4.69, 9.17) is 9.47 Å².